The first-order valence-electron chi connectivity index (χ1n) is 11.3. The number of hydrogen-bond donors (Lipinski definition) is 2. The summed E-state index contributed by atoms with van der Waals surface area (Å²) >= 11 is 0. The maximum Gasteiger partial charge on any atom is 0.251 e. The number of carbonyl (C=O) groups excluding carboxylic acids is 1. The van der Waals surface area contributed by atoms with Gasteiger partial charge in [-0.05, 0) is 74.9 Å². The SMILES string of the molecule is Cc1ccccc1-n1ncc2c1CC(C)(C)CC2NC(=O)c1ccc(C#CC(C)(C)O)cc1. The zero-order valence-electron chi connectivity index (χ0n) is 19.9. The maximum absolute atomic E-state index is 13.1. The molecule has 1 aliphatic carbocycles. The van der Waals surface area contributed by atoms with Crippen LogP contribution in [-0.2, 0) is 6.42 Å². The second-order valence-electron chi connectivity index (χ2n) is 10.2. The molecule has 1 amide bonds. The van der Waals surface area contributed by atoms with Crippen molar-refractivity contribution in [2.24, 2.45) is 5.41 Å². The summed E-state index contributed by atoms with van der Waals surface area (Å²) < 4.78 is 2.03. The molecule has 0 fully saturated rings. The van der Waals surface area contributed by atoms with Gasteiger partial charge in [-0.3, -0.25) is 4.79 Å². The highest BCUT2D eigenvalue weighted by atomic mass is 16.3. The Morgan fingerprint density at radius 2 is 1.88 bits per heavy atom. The molecule has 0 saturated carbocycles. The second-order valence-corrected chi connectivity index (χ2v) is 10.2. The van der Waals surface area contributed by atoms with Gasteiger partial charge in [-0.2, -0.15) is 5.10 Å². The van der Waals surface area contributed by atoms with E-state index in [1.807, 2.05) is 23.0 Å². The number of nitrogens with one attached hydrogen (secondary N) is 1. The summed E-state index contributed by atoms with van der Waals surface area (Å²) in [5.41, 5.74) is 4.80. The van der Waals surface area contributed by atoms with E-state index in [4.69, 9.17) is 5.10 Å². The number of para-hydroxylation sites is 1. The van der Waals surface area contributed by atoms with E-state index >= 15 is 0 Å². The predicted octanol–water partition coefficient (Wildman–Crippen LogP) is 4.75. The third-order valence-electron chi connectivity index (χ3n) is 5.99. The highest BCUT2D eigenvalue weighted by molar-refractivity contribution is 5.94. The average Bonchev–Trinajstić information content (AvgIpc) is 3.15. The zero-order valence-corrected chi connectivity index (χ0v) is 19.9. The largest absolute Gasteiger partial charge is 0.378 e. The molecule has 1 heterocycles. The molecule has 1 unspecified atom stereocenters. The van der Waals surface area contributed by atoms with E-state index in [1.54, 1.807) is 38.1 Å². The third-order valence-corrected chi connectivity index (χ3v) is 5.99. The molecule has 2 N–H and O–H groups in total. The van der Waals surface area contributed by atoms with Crippen LogP contribution in [0.25, 0.3) is 5.69 Å². The quantitative estimate of drug-likeness (QED) is 0.577. The lowest BCUT2D eigenvalue weighted by molar-refractivity contribution is 0.0919. The maximum atomic E-state index is 13.1. The average molecular weight is 442 g/mol. The number of benzene rings is 2. The van der Waals surface area contributed by atoms with Gasteiger partial charge in [0, 0.05) is 16.7 Å². The van der Waals surface area contributed by atoms with Gasteiger partial charge in [0.15, 0.2) is 0 Å². The topological polar surface area (TPSA) is 67.2 Å². The second kappa shape index (κ2) is 8.53. The first-order chi connectivity index (χ1) is 15.5. The number of aromatic nitrogens is 2. The Bertz CT molecular complexity index is 1230. The van der Waals surface area contributed by atoms with Gasteiger partial charge in [-0.25, -0.2) is 4.68 Å². The van der Waals surface area contributed by atoms with Crippen LogP contribution in [0.3, 0.4) is 0 Å². The molecule has 5 nitrogen and oxygen atoms in total. The van der Waals surface area contributed by atoms with Crippen molar-refractivity contribution in [3.05, 3.63) is 82.7 Å². The smallest absolute Gasteiger partial charge is 0.251 e. The van der Waals surface area contributed by atoms with Gasteiger partial charge in [-0.15, -0.1) is 0 Å². The standard InChI is InChI=1S/C28H31N3O2/c1-19-8-6-7-9-24(19)31-25-17-27(2,3)16-23(22(25)18-29-31)30-26(32)21-12-10-20(11-13-21)14-15-28(4,5)33/h6-13,18,23,33H,16-17H2,1-5H3,(H,30,32). The van der Waals surface area contributed by atoms with Crippen molar-refractivity contribution in [3.63, 3.8) is 0 Å². The lowest BCUT2D eigenvalue weighted by Gasteiger charge is -2.36. The van der Waals surface area contributed by atoms with Crippen LogP contribution < -0.4 is 5.32 Å². The van der Waals surface area contributed by atoms with E-state index in [1.165, 1.54) is 5.56 Å². The number of carbonyl (C=O) groups is 1. The number of fused-ring (bicyclic) bond motifs is 1. The Morgan fingerprint density at radius 1 is 1.18 bits per heavy atom. The van der Waals surface area contributed by atoms with E-state index < -0.39 is 5.60 Å². The monoisotopic (exact) mass is 441 g/mol. The van der Waals surface area contributed by atoms with Crippen LogP contribution >= 0.6 is 0 Å². The molecule has 170 valence electrons. The summed E-state index contributed by atoms with van der Waals surface area (Å²) in [4.78, 5) is 13.1. The van der Waals surface area contributed by atoms with Gasteiger partial charge < -0.3 is 10.4 Å². The van der Waals surface area contributed by atoms with Crippen LogP contribution in [0, 0.1) is 24.2 Å². The van der Waals surface area contributed by atoms with Gasteiger partial charge >= 0.3 is 0 Å². The molecule has 0 bridgehead atoms. The van der Waals surface area contributed by atoms with Crippen molar-refractivity contribution < 1.29 is 9.90 Å². The summed E-state index contributed by atoms with van der Waals surface area (Å²) in [7, 11) is 0. The summed E-state index contributed by atoms with van der Waals surface area (Å²) in [5.74, 6) is 5.61. The Kier molecular flexibility index (Phi) is 5.90. The van der Waals surface area contributed by atoms with E-state index in [0.717, 1.165) is 35.3 Å². The third kappa shape index (κ3) is 5.18. The highest BCUT2D eigenvalue weighted by Gasteiger charge is 2.36. The molecule has 0 saturated heterocycles. The summed E-state index contributed by atoms with van der Waals surface area (Å²) in [6, 6.07) is 15.3. The molecule has 0 spiro atoms. The van der Waals surface area contributed by atoms with Gasteiger partial charge in [0.1, 0.15) is 5.60 Å². The molecule has 2 aromatic carbocycles. The van der Waals surface area contributed by atoms with Crippen molar-refractivity contribution in [2.75, 3.05) is 0 Å². The minimum Gasteiger partial charge on any atom is -0.378 e. The molecule has 1 aliphatic rings. The lowest BCUT2D eigenvalue weighted by Crippen LogP contribution is -2.36. The number of amides is 1. The molecule has 3 aromatic rings. The molecule has 1 atom stereocenters. The minimum absolute atomic E-state index is 0.0297. The zero-order chi connectivity index (χ0) is 23.8. The van der Waals surface area contributed by atoms with Crippen molar-refractivity contribution in [1.82, 2.24) is 15.1 Å². The van der Waals surface area contributed by atoms with Gasteiger partial charge in [0.2, 0.25) is 0 Å². The van der Waals surface area contributed by atoms with Gasteiger partial charge in [-0.1, -0.05) is 43.9 Å². The number of aliphatic hydroxyl groups is 1. The number of rotatable bonds is 3. The molecule has 5 heteroatoms. The molecule has 1 aromatic heterocycles. The Labute approximate surface area is 195 Å². The molecule has 0 radical (unpaired) electrons. The van der Waals surface area contributed by atoms with Gasteiger partial charge in [0.25, 0.3) is 5.91 Å². The Morgan fingerprint density at radius 3 is 2.55 bits per heavy atom. The number of nitrogens with zero attached hydrogens (tertiary/aromatic N) is 2. The Hall–Kier alpha value is -3.36. The van der Waals surface area contributed by atoms with E-state index in [9.17, 15) is 9.90 Å². The fourth-order valence-corrected chi connectivity index (χ4v) is 4.35. The highest BCUT2D eigenvalue weighted by Crippen LogP contribution is 2.41. The predicted molar refractivity (Wildman–Crippen MR) is 130 cm³/mol. The summed E-state index contributed by atoms with van der Waals surface area (Å²) in [5, 5.41) is 17.7. The van der Waals surface area contributed by atoms with Crippen LogP contribution in [0.4, 0.5) is 0 Å². The van der Waals surface area contributed by atoms with Crippen molar-refractivity contribution in [2.45, 2.75) is 59.1 Å². The van der Waals surface area contributed by atoms with E-state index in [-0.39, 0.29) is 17.4 Å². The number of aryl methyl sites for hydroxylation is 1. The fourth-order valence-electron chi connectivity index (χ4n) is 4.35. The minimum atomic E-state index is -1.05. The van der Waals surface area contributed by atoms with Crippen LogP contribution in [-0.4, -0.2) is 26.4 Å². The van der Waals surface area contributed by atoms with Crippen molar-refractivity contribution in [1.29, 1.82) is 0 Å². The van der Waals surface area contributed by atoms with Crippen LogP contribution in [0.15, 0.2) is 54.7 Å². The van der Waals surface area contributed by atoms with E-state index in [2.05, 4.69) is 50.1 Å². The van der Waals surface area contributed by atoms with Crippen LogP contribution in [0.1, 0.15) is 72.9 Å². The normalized spacial score (nSPS) is 17.0. The van der Waals surface area contributed by atoms with Crippen LogP contribution in [0.2, 0.25) is 0 Å². The molecular formula is C28H31N3O2. The van der Waals surface area contributed by atoms with Gasteiger partial charge in [0.05, 0.1) is 23.6 Å². The van der Waals surface area contributed by atoms with E-state index in [0.29, 0.717) is 5.56 Å². The first kappa shape index (κ1) is 22.8. The molecule has 4 rings (SSSR count). The lowest BCUT2D eigenvalue weighted by atomic mass is 9.74. The van der Waals surface area contributed by atoms with Crippen LogP contribution in [0.5, 0.6) is 0 Å². The first-order valence-corrected chi connectivity index (χ1v) is 11.3. The number of hydrogen-bond acceptors (Lipinski definition) is 3. The fraction of sp³-hybridized carbons (Fsp3) is 0.357. The van der Waals surface area contributed by atoms with Crippen molar-refractivity contribution >= 4 is 5.91 Å². The Balaban J connectivity index is 1.59. The molecule has 33 heavy (non-hydrogen) atoms. The molecule has 0 aliphatic heterocycles. The molecular weight excluding hydrogens is 410 g/mol. The van der Waals surface area contributed by atoms with Crippen molar-refractivity contribution in [3.8, 4) is 17.5 Å². The summed E-state index contributed by atoms with van der Waals surface area (Å²) in [6.45, 7) is 9.85. The summed E-state index contributed by atoms with van der Waals surface area (Å²) in [6.07, 6.45) is 3.65.